The van der Waals surface area contributed by atoms with Crippen LogP contribution in [0.2, 0.25) is 10.0 Å². The highest BCUT2D eigenvalue weighted by molar-refractivity contribution is 6.41. The Morgan fingerprint density at radius 1 is 1.25 bits per heavy atom. The van der Waals surface area contributed by atoms with Crippen molar-refractivity contribution in [2.24, 2.45) is 0 Å². The summed E-state index contributed by atoms with van der Waals surface area (Å²) in [5, 5.41) is 1.18. The van der Waals surface area contributed by atoms with Crippen LogP contribution in [0.5, 0.6) is 0 Å². The molecule has 0 saturated heterocycles. The molecule has 0 fully saturated rings. The maximum absolute atomic E-state index is 5.81. The van der Waals surface area contributed by atoms with E-state index in [0.717, 1.165) is 12.1 Å². The zero-order valence-corrected chi connectivity index (χ0v) is 8.21. The lowest BCUT2D eigenvalue weighted by Crippen LogP contribution is -2.26. The van der Waals surface area contributed by atoms with Crippen LogP contribution in [-0.2, 0) is 6.54 Å². The molecule has 0 spiro atoms. The van der Waals surface area contributed by atoms with E-state index in [1.165, 1.54) is 0 Å². The van der Waals surface area contributed by atoms with Crippen LogP contribution in [0.4, 0.5) is 0 Å². The van der Waals surface area contributed by atoms with Crippen LogP contribution in [-0.4, -0.2) is 7.05 Å². The van der Waals surface area contributed by atoms with Gasteiger partial charge in [0.25, 0.3) is 0 Å². The monoisotopic (exact) mass is 204 g/mol. The normalized spacial score (nSPS) is 10.2. The molecule has 0 amide bonds. The van der Waals surface area contributed by atoms with Crippen LogP contribution >= 0.6 is 23.2 Å². The molecule has 1 rings (SSSR count). The molecule has 2 N–H and O–H groups in total. The predicted molar refractivity (Wildman–Crippen MR) is 52.4 cm³/mol. The summed E-state index contributed by atoms with van der Waals surface area (Å²) in [6.45, 7) is 0.730. The van der Waals surface area contributed by atoms with Gasteiger partial charge in [0.05, 0.1) is 10.0 Å². The second kappa shape index (κ2) is 4.67. The van der Waals surface area contributed by atoms with Crippen molar-refractivity contribution in [2.75, 3.05) is 7.05 Å². The minimum atomic E-state index is 0.588. The van der Waals surface area contributed by atoms with E-state index >= 15 is 0 Å². The summed E-state index contributed by atoms with van der Waals surface area (Å²) in [6, 6.07) is 5.56. The second-order valence-corrected chi connectivity index (χ2v) is 3.17. The van der Waals surface area contributed by atoms with Gasteiger partial charge in [-0.1, -0.05) is 29.3 Å². The molecule has 0 atom stereocenters. The Bertz CT molecular complexity index is 263. The van der Waals surface area contributed by atoms with Crippen LogP contribution < -0.4 is 10.9 Å². The molecule has 0 aliphatic carbocycles. The number of halogens is 2. The van der Waals surface area contributed by atoms with E-state index in [0.29, 0.717) is 10.0 Å². The maximum atomic E-state index is 5.81. The fourth-order valence-electron chi connectivity index (χ4n) is 0.840. The quantitative estimate of drug-likeness (QED) is 0.739. The molecular formula is C8H10Cl2N2. The number of benzene rings is 1. The first-order chi connectivity index (χ1) is 5.74. The summed E-state index contributed by atoms with van der Waals surface area (Å²) < 4.78 is 0. The van der Waals surface area contributed by atoms with Gasteiger partial charge >= 0.3 is 0 Å². The minimum Gasteiger partial charge on any atom is -0.261 e. The van der Waals surface area contributed by atoms with Gasteiger partial charge in [-0.2, -0.15) is 0 Å². The zero-order valence-electron chi connectivity index (χ0n) is 6.70. The van der Waals surface area contributed by atoms with Crippen molar-refractivity contribution >= 4 is 23.2 Å². The molecule has 0 unspecified atom stereocenters. The van der Waals surface area contributed by atoms with Gasteiger partial charge in [-0.15, -0.1) is 0 Å². The van der Waals surface area contributed by atoms with Gasteiger partial charge in [0.2, 0.25) is 0 Å². The van der Waals surface area contributed by atoms with Crippen molar-refractivity contribution in [1.82, 2.24) is 10.9 Å². The average molecular weight is 205 g/mol. The Balaban J connectivity index is 2.69. The zero-order chi connectivity index (χ0) is 8.97. The van der Waals surface area contributed by atoms with Crippen molar-refractivity contribution in [2.45, 2.75) is 6.54 Å². The van der Waals surface area contributed by atoms with Gasteiger partial charge in [0.1, 0.15) is 0 Å². The number of rotatable bonds is 3. The summed E-state index contributed by atoms with van der Waals surface area (Å²) in [7, 11) is 1.82. The Morgan fingerprint density at radius 2 is 2.00 bits per heavy atom. The Kier molecular flexibility index (Phi) is 3.82. The predicted octanol–water partition coefficient (Wildman–Crippen LogP) is 2.22. The molecular weight excluding hydrogens is 195 g/mol. The van der Waals surface area contributed by atoms with Crippen LogP contribution in [0.25, 0.3) is 0 Å². The van der Waals surface area contributed by atoms with Crippen LogP contribution in [0, 0.1) is 0 Å². The molecule has 4 heteroatoms. The lowest BCUT2D eigenvalue weighted by Gasteiger charge is -2.03. The summed E-state index contributed by atoms with van der Waals surface area (Å²) in [5.41, 5.74) is 6.88. The van der Waals surface area contributed by atoms with Crippen molar-refractivity contribution in [1.29, 1.82) is 0 Å². The molecule has 1 aromatic rings. The lowest BCUT2D eigenvalue weighted by molar-refractivity contribution is 0.596. The number of hydrogen-bond acceptors (Lipinski definition) is 2. The van der Waals surface area contributed by atoms with Crippen molar-refractivity contribution in [3.05, 3.63) is 33.8 Å². The Labute approximate surface area is 81.8 Å². The average Bonchev–Trinajstić information content (AvgIpc) is 2.07. The van der Waals surface area contributed by atoms with E-state index in [1.807, 2.05) is 19.2 Å². The third-order valence-electron chi connectivity index (χ3n) is 1.45. The fraction of sp³-hybridized carbons (Fsp3) is 0.250. The second-order valence-electron chi connectivity index (χ2n) is 2.35. The number of hydrazine groups is 1. The summed E-state index contributed by atoms with van der Waals surface area (Å²) >= 11 is 11.6. The molecule has 12 heavy (non-hydrogen) atoms. The van der Waals surface area contributed by atoms with Gasteiger partial charge in [-0.05, 0) is 24.7 Å². The molecule has 66 valence electrons. The molecule has 0 aliphatic rings. The fourth-order valence-corrected chi connectivity index (χ4v) is 1.16. The molecule has 0 radical (unpaired) electrons. The highest BCUT2D eigenvalue weighted by atomic mass is 35.5. The lowest BCUT2D eigenvalue weighted by atomic mass is 10.2. The van der Waals surface area contributed by atoms with Gasteiger partial charge < -0.3 is 0 Å². The van der Waals surface area contributed by atoms with Crippen LogP contribution in [0.3, 0.4) is 0 Å². The molecule has 0 bridgehead atoms. The van der Waals surface area contributed by atoms with Gasteiger partial charge in [0.15, 0.2) is 0 Å². The Morgan fingerprint density at radius 3 is 2.58 bits per heavy atom. The largest absolute Gasteiger partial charge is 0.261 e. The van der Waals surface area contributed by atoms with E-state index in [1.54, 1.807) is 6.07 Å². The van der Waals surface area contributed by atoms with E-state index in [-0.39, 0.29) is 0 Å². The first-order valence-corrected chi connectivity index (χ1v) is 4.33. The van der Waals surface area contributed by atoms with E-state index in [4.69, 9.17) is 23.2 Å². The summed E-state index contributed by atoms with van der Waals surface area (Å²) in [5.74, 6) is 0. The van der Waals surface area contributed by atoms with Gasteiger partial charge in [-0.25, -0.2) is 0 Å². The summed E-state index contributed by atoms with van der Waals surface area (Å²) in [6.07, 6.45) is 0. The molecule has 0 aromatic heterocycles. The van der Waals surface area contributed by atoms with E-state index < -0.39 is 0 Å². The van der Waals surface area contributed by atoms with E-state index in [9.17, 15) is 0 Å². The Hall–Kier alpha value is -0.280. The first kappa shape index (κ1) is 9.81. The smallest absolute Gasteiger partial charge is 0.0595 e. The topological polar surface area (TPSA) is 24.1 Å². The standard InChI is InChI=1S/C8H10Cl2N2/c1-11-12-5-6-2-3-7(9)8(10)4-6/h2-4,11-12H,5H2,1H3. The highest BCUT2D eigenvalue weighted by Crippen LogP contribution is 2.22. The number of nitrogens with one attached hydrogen (secondary N) is 2. The number of hydrogen-bond donors (Lipinski definition) is 2. The SMILES string of the molecule is CNNCc1ccc(Cl)c(Cl)c1. The molecule has 0 aliphatic heterocycles. The van der Waals surface area contributed by atoms with Crippen molar-refractivity contribution in [3.8, 4) is 0 Å². The highest BCUT2D eigenvalue weighted by Gasteiger charge is 1.97. The van der Waals surface area contributed by atoms with E-state index in [2.05, 4.69) is 10.9 Å². The van der Waals surface area contributed by atoms with Crippen molar-refractivity contribution in [3.63, 3.8) is 0 Å². The first-order valence-electron chi connectivity index (χ1n) is 3.57. The molecule has 1 aromatic carbocycles. The van der Waals surface area contributed by atoms with Gasteiger partial charge in [0, 0.05) is 6.54 Å². The maximum Gasteiger partial charge on any atom is 0.0595 e. The molecule has 2 nitrogen and oxygen atoms in total. The van der Waals surface area contributed by atoms with Crippen molar-refractivity contribution < 1.29 is 0 Å². The third kappa shape index (κ3) is 2.64. The van der Waals surface area contributed by atoms with Crippen LogP contribution in [0.1, 0.15) is 5.56 Å². The summed E-state index contributed by atoms with van der Waals surface area (Å²) in [4.78, 5) is 0. The van der Waals surface area contributed by atoms with Crippen LogP contribution in [0.15, 0.2) is 18.2 Å². The minimum absolute atomic E-state index is 0.588. The third-order valence-corrected chi connectivity index (χ3v) is 2.19. The molecule has 0 heterocycles. The molecule has 0 saturated carbocycles. The van der Waals surface area contributed by atoms with Gasteiger partial charge in [-0.3, -0.25) is 10.9 Å².